The van der Waals surface area contributed by atoms with Crippen LogP contribution >= 0.6 is 23.2 Å². The first-order chi connectivity index (χ1) is 19.3. The van der Waals surface area contributed by atoms with Crippen molar-refractivity contribution < 1.29 is 18.0 Å². The average Bonchev–Trinajstić information content (AvgIpc) is 2.91. The Kier molecular flexibility index (Phi) is 11.2. The number of carbonyl (C=O) groups is 2. The van der Waals surface area contributed by atoms with Crippen LogP contribution in [0, 0.1) is 13.8 Å². The van der Waals surface area contributed by atoms with E-state index in [2.05, 4.69) is 5.32 Å². The highest BCUT2D eigenvalue weighted by molar-refractivity contribution is 7.92. The zero-order valence-corrected chi connectivity index (χ0v) is 26.4. The van der Waals surface area contributed by atoms with Crippen LogP contribution in [-0.4, -0.2) is 50.0 Å². The molecule has 0 radical (unpaired) electrons. The average molecular weight is 619 g/mol. The normalized spacial score (nSPS) is 12.9. The first kappa shape index (κ1) is 32.4. The van der Waals surface area contributed by atoms with E-state index in [1.54, 1.807) is 30.3 Å². The minimum Gasteiger partial charge on any atom is -0.352 e. The molecule has 0 heterocycles. The molecule has 0 aromatic heterocycles. The van der Waals surface area contributed by atoms with Gasteiger partial charge in [0.15, 0.2) is 0 Å². The van der Waals surface area contributed by atoms with Gasteiger partial charge in [0, 0.05) is 29.1 Å². The standard InChI is InChI=1S/C31H37Cl2N3O4S/c1-6-23(4)34-31(38)29(17-24-10-8-7-9-11-24)35(19-25-13-14-26(32)18-28(25)33)30(37)20-36(41(5,39)40)27-15-12-21(2)22(3)16-27/h7-16,18,23,29H,6,17,19-20H2,1-5H3,(H,34,38)/t23-,29-/m0/s1. The molecule has 220 valence electrons. The topological polar surface area (TPSA) is 86.8 Å². The fraction of sp³-hybridized carbons (Fsp3) is 0.355. The molecule has 0 aliphatic heterocycles. The maximum atomic E-state index is 14.2. The Morgan fingerprint density at radius 2 is 1.63 bits per heavy atom. The molecule has 1 N–H and O–H groups in total. The Labute approximate surface area is 253 Å². The van der Waals surface area contributed by atoms with Gasteiger partial charge in [-0.05, 0) is 73.7 Å². The molecule has 0 fully saturated rings. The molecule has 0 saturated heterocycles. The van der Waals surface area contributed by atoms with Crippen molar-refractivity contribution >= 4 is 50.7 Å². The smallest absolute Gasteiger partial charge is 0.244 e. The Morgan fingerprint density at radius 3 is 2.22 bits per heavy atom. The van der Waals surface area contributed by atoms with E-state index in [4.69, 9.17) is 23.2 Å². The summed E-state index contributed by atoms with van der Waals surface area (Å²) in [5.41, 5.74) is 3.69. The molecule has 2 atom stereocenters. The van der Waals surface area contributed by atoms with Crippen LogP contribution in [-0.2, 0) is 32.6 Å². The van der Waals surface area contributed by atoms with Crippen LogP contribution in [0.2, 0.25) is 10.0 Å². The van der Waals surface area contributed by atoms with Crippen molar-refractivity contribution in [1.29, 1.82) is 0 Å². The molecule has 0 spiro atoms. The zero-order valence-electron chi connectivity index (χ0n) is 24.0. The van der Waals surface area contributed by atoms with Gasteiger partial charge in [-0.15, -0.1) is 0 Å². The third-order valence-corrected chi connectivity index (χ3v) is 8.81. The van der Waals surface area contributed by atoms with E-state index in [1.807, 2.05) is 64.1 Å². The van der Waals surface area contributed by atoms with Crippen molar-refractivity contribution in [2.24, 2.45) is 0 Å². The summed E-state index contributed by atoms with van der Waals surface area (Å²) in [5, 5.41) is 3.78. The lowest BCUT2D eigenvalue weighted by molar-refractivity contribution is -0.140. The first-order valence-electron chi connectivity index (χ1n) is 13.4. The minimum atomic E-state index is -3.85. The second-order valence-electron chi connectivity index (χ2n) is 10.3. The summed E-state index contributed by atoms with van der Waals surface area (Å²) < 4.78 is 27.0. The lowest BCUT2D eigenvalue weighted by Crippen LogP contribution is -2.54. The van der Waals surface area contributed by atoms with Gasteiger partial charge in [-0.3, -0.25) is 13.9 Å². The molecule has 0 bridgehead atoms. The van der Waals surface area contributed by atoms with Crippen LogP contribution in [0.1, 0.15) is 42.5 Å². The number of benzene rings is 3. The number of carbonyl (C=O) groups excluding carboxylic acids is 2. The number of nitrogens with one attached hydrogen (secondary N) is 1. The Morgan fingerprint density at radius 1 is 0.951 bits per heavy atom. The molecular weight excluding hydrogens is 581 g/mol. The van der Waals surface area contributed by atoms with E-state index >= 15 is 0 Å². The highest BCUT2D eigenvalue weighted by Gasteiger charge is 2.33. The molecule has 3 aromatic carbocycles. The van der Waals surface area contributed by atoms with Gasteiger partial charge in [-0.25, -0.2) is 8.42 Å². The predicted octanol–water partition coefficient (Wildman–Crippen LogP) is 5.93. The highest BCUT2D eigenvalue weighted by atomic mass is 35.5. The number of halogens is 2. The second kappa shape index (κ2) is 14.2. The van der Waals surface area contributed by atoms with Gasteiger partial charge in [-0.1, -0.05) is 72.6 Å². The first-order valence-corrected chi connectivity index (χ1v) is 16.0. The summed E-state index contributed by atoms with van der Waals surface area (Å²) in [6.07, 6.45) is 1.99. The van der Waals surface area contributed by atoms with Crippen molar-refractivity contribution in [3.8, 4) is 0 Å². The highest BCUT2D eigenvalue weighted by Crippen LogP contribution is 2.26. The van der Waals surface area contributed by atoms with Gasteiger partial charge in [0.2, 0.25) is 21.8 Å². The van der Waals surface area contributed by atoms with Crippen LogP contribution in [0.15, 0.2) is 66.7 Å². The van der Waals surface area contributed by atoms with Crippen molar-refractivity contribution in [3.63, 3.8) is 0 Å². The number of nitrogens with zero attached hydrogens (tertiary/aromatic N) is 2. The summed E-state index contributed by atoms with van der Waals surface area (Å²) in [4.78, 5) is 29.3. The largest absolute Gasteiger partial charge is 0.352 e. The molecule has 0 aliphatic carbocycles. The molecule has 41 heavy (non-hydrogen) atoms. The number of anilines is 1. The fourth-order valence-electron chi connectivity index (χ4n) is 4.32. The quantitative estimate of drug-likeness (QED) is 0.273. The predicted molar refractivity (Wildman–Crippen MR) is 167 cm³/mol. The maximum Gasteiger partial charge on any atom is 0.244 e. The molecule has 2 amide bonds. The lowest BCUT2D eigenvalue weighted by atomic mass is 10.0. The molecular formula is C31H37Cl2N3O4S. The molecule has 0 unspecified atom stereocenters. The van der Waals surface area contributed by atoms with Crippen LogP contribution in [0.25, 0.3) is 0 Å². The van der Waals surface area contributed by atoms with Gasteiger partial charge in [0.1, 0.15) is 12.6 Å². The van der Waals surface area contributed by atoms with E-state index < -0.39 is 28.5 Å². The number of aryl methyl sites for hydroxylation is 2. The number of hydrogen-bond donors (Lipinski definition) is 1. The maximum absolute atomic E-state index is 14.2. The van der Waals surface area contributed by atoms with Gasteiger partial charge in [0.05, 0.1) is 11.9 Å². The van der Waals surface area contributed by atoms with Crippen molar-refractivity contribution in [1.82, 2.24) is 10.2 Å². The van der Waals surface area contributed by atoms with E-state index in [0.29, 0.717) is 27.7 Å². The second-order valence-corrected chi connectivity index (χ2v) is 13.1. The summed E-state index contributed by atoms with van der Waals surface area (Å²) >= 11 is 12.6. The molecule has 7 nitrogen and oxygen atoms in total. The van der Waals surface area contributed by atoms with Gasteiger partial charge >= 0.3 is 0 Å². The Bertz CT molecular complexity index is 1480. The SMILES string of the molecule is CC[C@H](C)NC(=O)[C@H](Cc1ccccc1)N(Cc1ccc(Cl)cc1Cl)C(=O)CN(c1ccc(C)c(C)c1)S(C)(=O)=O. The van der Waals surface area contributed by atoms with E-state index in [9.17, 15) is 18.0 Å². The van der Waals surface area contributed by atoms with Crippen molar-refractivity contribution in [2.75, 3.05) is 17.1 Å². The summed E-state index contributed by atoms with van der Waals surface area (Å²) in [7, 11) is -3.85. The van der Waals surface area contributed by atoms with E-state index in [0.717, 1.165) is 27.3 Å². The van der Waals surface area contributed by atoms with Crippen LogP contribution < -0.4 is 9.62 Å². The minimum absolute atomic E-state index is 0.0230. The third kappa shape index (κ3) is 8.96. The summed E-state index contributed by atoms with van der Waals surface area (Å²) in [6.45, 7) is 7.15. The molecule has 0 saturated carbocycles. The number of amides is 2. The summed E-state index contributed by atoms with van der Waals surface area (Å²) in [5.74, 6) is -0.876. The van der Waals surface area contributed by atoms with E-state index in [1.165, 1.54) is 4.90 Å². The van der Waals surface area contributed by atoms with Crippen LogP contribution in [0.4, 0.5) is 5.69 Å². The van der Waals surface area contributed by atoms with E-state index in [-0.39, 0.29) is 24.9 Å². The third-order valence-electron chi connectivity index (χ3n) is 7.09. The van der Waals surface area contributed by atoms with Crippen LogP contribution in [0.3, 0.4) is 0 Å². The fourth-order valence-corrected chi connectivity index (χ4v) is 5.63. The number of sulfonamides is 1. The number of hydrogen-bond acceptors (Lipinski definition) is 4. The van der Waals surface area contributed by atoms with Crippen molar-refractivity contribution in [3.05, 3.63) is 99.0 Å². The van der Waals surface area contributed by atoms with Gasteiger partial charge < -0.3 is 10.2 Å². The number of rotatable bonds is 12. The Hall–Kier alpha value is -3.07. The van der Waals surface area contributed by atoms with Crippen LogP contribution in [0.5, 0.6) is 0 Å². The van der Waals surface area contributed by atoms with Crippen molar-refractivity contribution in [2.45, 2.75) is 59.2 Å². The monoisotopic (exact) mass is 617 g/mol. The van der Waals surface area contributed by atoms with Gasteiger partial charge in [0.25, 0.3) is 0 Å². The molecule has 0 aliphatic rings. The zero-order chi connectivity index (χ0) is 30.3. The lowest BCUT2D eigenvalue weighted by Gasteiger charge is -2.34. The summed E-state index contributed by atoms with van der Waals surface area (Å²) in [6, 6.07) is 18.5. The molecule has 3 aromatic rings. The Balaban J connectivity index is 2.10. The molecule has 3 rings (SSSR count). The molecule has 10 heteroatoms. The van der Waals surface area contributed by atoms with Gasteiger partial charge in [-0.2, -0.15) is 0 Å².